The molecule has 3 unspecified atom stereocenters. The number of methoxy groups -OCH3 is 1. The van der Waals surface area contributed by atoms with Crippen molar-refractivity contribution in [3.8, 4) is 5.75 Å². The van der Waals surface area contributed by atoms with E-state index >= 15 is 0 Å². The van der Waals surface area contributed by atoms with Crippen molar-refractivity contribution in [2.24, 2.45) is 11.8 Å². The molecule has 0 bridgehead atoms. The molecule has 1 aromatic rings. The Balaban J connectivity index is 2.33. The van der Waals surface area contributed by atoms with Crippen LogP contribution < -0.4 is 4.74 Å². The van der Waals surface area contributed by atoms with Crippen LogP contribution in [-0.4, -0.2) is 23.2 Å². The van der Waals surface area contributed by atoms with Crippen molar-refractivity contribution in [3.05, 3.63) is 24.0 Å². The van der Waals surface area contributed by atoms with Crippen LogP contribution in [0.2, 0.25) is 0 Å². The Morgan fingerprint density at radius 1 is 1.53 bits per heavy atom. The van der Waals surface area contributed by atoms with Crippen LogP contribution >= 0.6 is 0 Å². The van der Waals surface area contributed by atoms with Gasteiger partial charge in [-0.25, -0.2) is 0 Å². The van der Waals surface area contributed by atoms with Crippen molar-refractivity contribution >= 4 is 5.97 Å². The zero-order chi connectivity index (χ0) is 13.8. The average Bonchev–Trinajstić information content (AvgIpc) is 2.46. The Hall–Kier alpha value is -1.58. The molecule has 1 aliphatic rings. The van der Waals surface area contributed by atoms with Gasteiger partial charge in [0.05, 0.1) is 18.7 Å². The molecule has 1 fully saturated rings. The van der Waals surface area contributed by atoms with Crippen molar-refractivity contribution in [1.82, 2.24) is 4.98 Å². The van der Waals surface area contributed by atoms with Gasteiger partial charge in [0, 0.05) is 12.1 Å². The highest BCUT2D eigenvalue weighted by Gasteiger charge is 2.37. The van der Waals surface area contributed by atoms with E-state index in [0.717, 1.165) is 31.4 Å². The minimum Gasteiger partial charge on any atom is -0.495 e. The van der Waals surface area contributed by atoms with Crippen LogP contribution in [-0.2, 0) is 4.79 Å². The van der Waals surface area contributed by atoms with E-state index in [1.54, 1.807) is 13.3 Å². The first-order valence-electron chi connectivity index (χ1n) is 6.89. The molecule has 0 radical (unpaired) electrons. The molecule has 0 saturated heterocycles. The fourth-order valence-corrected chi connectivity index (χ4v) is 3.08. The second kappa shape index (κ2) is 6.04. The molecule has 19 heavy (non-hydrogen) atoms. The molecule has 1 N–H and O–H groups in total. The van der Waals surface area contributed by atoms with Gasteiger partial charge in [-0.1, -0.05) is 13.3 Å². The summed E-state index contributed by atoms with van der Waals surface area (Å²) in [6.07, 6.45) is 5.43. The van der Waals surface area contributed by atoms with Gasteiger partial charge in [0.25, 0.3) is 0 Å². The predicted molar refractivity (Wildman–Crippen MR) is 72.3 cm³/mol. The minimum absolute atomic E-state index is 0.0349. The van der Waals surface area contributed by atoms with E-state index in [4.69, 9.17) is 4.74 Å². The van der Waals surface area contributed by atoms with Gasteiger partial charge in [0.15, 0.2) is 0 Å². The highest BCUT2D eigenvalue weighted by molar-refractivity contribution is 5.71. The van der Waals surface area contributed by atoms with E-state index in [-0.39, 0.29) is 11.8 Å². The number of carbonyl (C=O) groups is 1. The van der Waals surface area contributed by atoms with Crippen LogP contribution in [0.15, 0.2) is 18.3 Å². The van der Waals surface area contributed by atoms with Crippen LogP contribution in [0.1, 0.15) is 44.2 Å². The van der Waals surface area contributed by atoms with E-state index in [2.05, 4.69) is 11.9 Å². The Morgan fingerprint density at radius 3 is 2.95 bits per heavy atom. The number of rotatable bonds is 4. The molecule has 0 aromatic carbocycles. The summed E-state index contributed by atoms with van der Waals surface area (Å²) in [4.78, 5) is 15.9. The third-order valence-corrected chi connectivity index (χ3v) is 4.22. The standard InChI is InChI=1S/C15H21NO3/c1-3-10-6-7-11(15(17)18)12(9-10)14-13(19-2)5-4-8-16-14/h4-5,8,10-12H,3,6-7,9H2,1-2H3,(H,17,18). The maximum atomic E-state index is 11.5. The van der Waals surface area contributed by atoms with Crippen molar-refractivity contribution in [2.75, 3.05) is 7.11 Å². The predicted octanol–water partition coefficient (Wildman–Crippen LogP) is 3.08. The number of aromatic nitrogens is 1. The van der Waals surface area contributed by atoms with Gasteiger partial charge in [-0.15, -0.1) is 0 Å². The molecule has 1 heterocycles. The SMILES string of the molecule is CCC1CCC(C(=O)O)C(c2ncccc2OC)C1. The van der Waals surface area contributed by atoms with Crippen molar-refractivity contribution in [1.29, 1.82) is 0 Å². The molecular weight excluding hydrogens is 242 g/mol. The maximum Gasteiger partial charge on any atom is 0.307 e. The van der Waals surface area contributed by atoms with Gasteiger partial charge in [0.2, 0.25) is 0 Å². The molecule has 0 spiro atoms. The number of aliphatic carboxylic acids is 1. The zero-order valence-electron chi connectivity index (χ0n) is 11.5. The molecule has 0 amide bonds. The van der Waals surface area contributed by atoms with Gasteiger partial charge in [-0.05, 0) is 37.3 Å². The van der Waals surface area contributed by atoms with E-state index in [1.807, 2.05) is 12.1 Å². The highest BCUT2D eigenvalue weighted by atomic mass is 16.5. The Bertz CT molecular complexity index is 447. The van der Waals surface area contributed by atoms with Gasteiger partial charge in [-0.3, -0.25) is 9.78 Å². The molecule has 2 rings (SSSR count). The molecule has 1 aromatic heterocycles. The summed E-state index contributed by atoms with van der Waals surface area (Å²) in [7, 11) is 1.61. The van der Waals surface area contributed by atoms with Crippen LogP contribution in [0.4, 0.5) is 0 Å². The monoisotopic (exact) mass is 263 g/mol. The Labute approximate surface area is 113 Å². The Kier molecular flexibility index (Phi) is 4.40. The fourth-order valence-electron chi connectivity index (χ4n) is 3.08. The van der Waals surface area contributed by atoms with Crippen LogP contribution in [0.3, 0.4) is 0 Å². The summed E-state index contributed by atoms with van der Waals surface area (Å²) < 4.78 is 5.34. The lowest BCUT2D eigenvalue weighted by atomic mass is 9.71. The van der Waals surface area contributed by atoms with E-state index in [9.17, 15) is 9.90 Å². The van der Waals surface area contributed by atoms with E-state index in [1.165, 1.54) is 0 Å². The molecular formula is C15H21NO3. The molecule has 0 aliphatic heterocycles. The van der Waals surface area contributed by atoms with E-state index < -0.39 is 5.97 Å². The summed E-state index contributed by atoms with van der Waals surface area (Å²) in [6.45, 7) is 2.17. The third kappa shape index (κ3) is 2.88. The number of nitrogens with zero attached hydrogens (tertiary/aromatic N) is 1. The van der Waals surface area contributed by atoms with Crippen LogP contribution in [0.25, 0.3) is 0 Å². The Morgan fingerprint density at radius 2 is 2.32 bits per heavy atom. The lowest BCUT2D eigenvalue weighted by Crippen LogP contribution is -2.30. The normalized spacial score (nSPS) is 26.9. The zero-order valence-corrected chi connectivity index (χ0v) is 11.5. The van der Waals surface area contributed by atoms with E-state index in [0.29, 0.717) is 11.7 Å². The highest BCUT2D eigenvalue weighted by Crippen LogP contribution is 2.43. The van der Waals surface area contributed by atoms with Crippen molar-refractivity contribution in [3.63, 3.8) is 0 Å². The summed E-state index contributed by atoms with van der Waals surface area (Å²) in [5, 5.41) is 9.42. The summed E-state index contributed by atoms with van der Waals surface area (Å²) in [5.74, 6) is 0.203. The second-order valence-electron chi connectivity index (χ2n) is 5.23. The first-order chi connectivity index (χ1) is 9.17. The third-order valence-electron chi connectivity index (χ3n) is 4.22. The number of ether oxygens (including phenoxy) is 1. The van der Waals surface area contributed by atoms with Crippen LogP contribution in [0, 0.1) is 11.8 Å². The molecule has 3 atom stereocenters. The topological polar surface area (TPSA) is 59.4 Å². The number of hydrogen-bond donors (Lipinski definition) is 1. The molecule has 4 nitrogen and oxygen atoms in total. The second-order valence-corrected chi connectivity index (χ2v) is 5.23. The summed E-state index contributed by atoms with van der Waals surface area (Å²) >= 11 is 0. The lowest BCUT2D eigenvalue weighted by Gasteiger charge is -2.33. The van der Waals surface area contributed by atoms with Crippen LogP contribution in [0.5, 0.6) is 5.75 Å². The number of carboxylic acid groups (broad SMARTS) is 1. The van der Waals surface area contributed by atoms with Crippen molar-refractivity contribution in [2.45, 2.75) is 38.5 Å². The van der Waals surface area contributed by atoms with Gasteiger partial charge < -0.3 is 9.84 Å². The van der Waals surface area contributed by atoms with Gasteiger partial charge in [-0.2, -0.15) is 0 Å². The lowest BCUT2D eigenvalue weighted by molar-refractivity contribution is -0.144. The van der Waals surface area contributed by atoms with Crippen molar-refractivity contribution < 1.29 is 14.6 Å². The number of pyridine rings is 1. The maximum absolute atomic E-state index is 11.5. The first kappa shape index (κ1) is 13.8. The summed E-state index contributed by atoms with van der Waals surface area (Å²) in [6, 6.07) is 3.68. The fraction of sp³-hybridized carbons (Fsp3) is 0.600. The molecule has 1 saturated carbocycles. The van der Waals surface area contributed by atoms with Gasteiger partial charge >= 0.3 is 5.97 Å². The van der Waals surface area contributed by atoms with Gasteiger partial charge in [0.1, 0.15) is 5.75 Å². The number of carboxylic acids is 1. The first-order valence-corrected chi connectivity index (χ1v) is 6.89. The smallest absolute Gasteiger partial charge is 0.307 e. The summed E-state index contributed by atoms with van der Waals surface area (Å²) in [5.41, 5.74) is 0.801. The largest absolute Gasteiger partial charge is 0.495 e. The molecule has 1 aliphatic carbocycles. The molecule has 104 valence electrons. The number of hydrogen-bond acceptors (Lipinski definition) is 3. The minimum atomic E-state index is -0.716. The average molecular weight is 263 g/mol. The quantitative estimate of drug-likeness (QED) is 0.906. The molecule has 4 heteroatoms.